The monoisotopic (exact) mass is 290 g/mol. The standard InChI is InChI=1S/C19H16NO2/c21-16-19(17-10-4-1-5-11-17,18-12-6-2-7-13-18)22-20-14-8-3-9-15-20/h1-16H/q+1. The number of hydrogen-bond acceptors (Lipinski definition) is 2. The molecule has 0 radical (unpaired) electrons. The van der Waals surface area contributed by atoms with Gasteiger partial charge in [-0.2, -0.15) is 0 Å². The van der Waals surface area contributed by atoms with E-state index < -0.39 is 5.60 Å². The van der Waals surface area contributed by atoms with E-state index in [1.165, 1.54) is 0 Å². The predicted octanol–water partition coefficient (Wildman–Crippen LogP) is 2.55. The summed E-state index contributed by atoms with van der Waals surface area (Å²) in [4.78, 5) is 18.2. The summed E-state index contributed by atoms with van der Waals surface area (Å²) < 4.78 is 1.55. The van der Waals surface area contributed by atoms with E-state index in [9.17, 15) is 4.79 Å². The van der Waals surface area contributed by atoms with E-state index in [0.29, 0.717) is 0 Å². The summed E-state index contributed by atoms with van der Waals surface area (Å²) in [6.07, 6.45) is 4.38. The summed E-state index contributed by atoms with van der Waals surface area (Å²) in [5.41, 5.74) is 0.384. The highest BCUT2D eigenvalue weighted by molar-refractivity contribution is 5.72. The van der Waals surface area contributed by atoms with Gasteiger partial charge in [-0.15, -0.1) is 0 Å². The fourth-order valence-corrected chi connectivity index (χ4v) is 2.41. The number of aromatic nitrogens is 1. The molecule has 3 heteroatoms. The average Bonchev–Trinajstić information content (AvgIpc) is 2.62. The second-order valence-corrected chi connectivity index (χ2v) is 4.91. The normalized spacial score (nSPS) is 10.9. The highest BCUT2D eigenvalue weighted by Gasteiger charge is 2.41. The van der Waals surface area contributed by atoms with Gasteiger partial charge in [0.1, 0.15) is 0 Å². The molecular weight excluding hydrogens is 274 g/mol. The number of carbonyl (C=O) groups is 1. The van der Waals surface area contributed by atoms with Gasteiger partial charge in [0.05, 0.1) is 0 Å². The molecule has 1 heterocycles. The number of carbonyl (C=O) groups excluding carboxylic acids is 1. The number of pyridine rings is 1. The van der Waals surface area contributed by atoms with E-state index >= 15 is 0 Å². The van der Waals surface area contributed by atoms with Gasteiger partial charge in [0.15, 0.2) is 6.29 Å². The van der Waals surface area contributed by atoms with Crippen molar-refractivity contribution in [1.29, 1.82) is 0 Å². The van der Waals surface area contributed by atoms with E-state index in [-0.39, 0.29) is 0 Å². The quantitative estimate of drug-likeness (QED) is 0.534. The van der Waals surface area contributed by atoms with E-state index in [2.05, 4.69) is 0 Å². The highest BCUT2D eigenvalue weighted by Crippen LogP contribution is 2.28. The van der Waals surface area contributed by atoms with Gasteiger partial charge in [0.25, 0.3) is 5.60 Å². The molecule has 2 aromatic carbocycles. The summed E-state index contributed by atoms with van der Waals surface area (Å²) in [6, 6.07) is 24.6. The Morgan fingerprint density at radius 2 is 1.18 bits per heavy atom. The molecule has 0 fully saturated rings. The Morgan fingerprint density at radius 1 is 0.727 bits per heavy atom. The third-order valence-electron chi connectivity index (χ3n) is 3.51. The molecule has 0 amide bonds. The first-order valence-corrected chi connectivity index (χ1v) is 7.08. The Balaban J connectivity index is 2.15. The number of hydrogen-bond donors (Lipinski definition) is 0. The number of nitrogens with zero attached hydrogens (tertiary/aromatic N) is 1. The molecule has 0 N–H and O–H groups in total. The molecule has 0 spiro atoms. The smallest absolute Gasteiger partial charge is 0.284 e. The predicted molar refractivity (Wildman–Crippen MR) is 82.9 cm³/mol. The maximum atomic E-state index is 12.1. The van der Waals surface area contributed by atoms with E-state index in [1.807, 2.05) is 78.9 Å². The number of aldehydes is 1. The summed E-state index contributed by atoms with van der Waals surface area (Å²) in [6.45, 7) is 0. The maximum Gasteiger partial charge on any atom is 0.284 e. The van der Waals surface area contributed by atoms with Gasteiger partial charge >= 0.3 is 0 Å². The Hall–Kier alpha value is -2.94. The molecule has 0 unspecified atom stereocenters. The minimum atomic E-state index is -1.19. The zero-order chi connectivity index (χ0) is 15.3. The van der Waals surface area contributed by atoms with Crippen LogP contribution in [0.15, 0.2) is 91.3 Å². The summed E-state index contributed by atoms with van der Waals surface area (Å²) >= 11 is 0. The lowest BCUT2D eigenvalue weighted by atomic mass is 9.87. The molecular formula is C19H16NO2+. The van der Waals surface area contributed by atoms with Crippen LogP contribution in [-0.2, 0) is 10.4 Å². The molecule has 108 valence electrons. The lowest BCUT2D eigenvalue weighted by Gasteiger charge is -2.24. The highest BCUT2D eigenvalue weighted by atomic mass is 16.7. The SMILES string of the molecule is O=CC(O[n+]1ccccc1)(c1ccccc1)c1ccccc1. The van der Waals surface area contributed by atoms with Crippen molar-refractivity contribution in [3.63, 3.8) is 0 Å². The van der Waals surface area contributed by atoms with Crippen LogP contribution in [0, 0.1) is 0 Å². The molecule has 0 atom stereocenters. The van der Waals surface area contributed by atoms with Crippen molar-refractivity contribution in [1.82, 2.24) is 0 Å². The van der Waals surface area contributed by atoms with Gasteiger partial charge in [-0.25, -0.2) is 4.84 Å². The van der Waals surface area contributed by atoms with Crippen LogP contribution in [-0.4, -0.2) is 6.29 Å². The molecule has 3 rings (SSSR count). The first kappa shape index (κ1) is 14.0. The van der Waals surface area contributed by atoms with Crippen LogP contribution in [0.4, 0.5) is 0 Å². The van der Waals surface area contributed by atoms with Crippen LogP contribution >= 0.6 is 0 Å². The van der Waals surface area contributed by atoms with Crippen molar-refractivity contribution < 1.29 is 14.4 Å². The van der Waals surface area contributed by atoms with Crippen molar-refractivity contribution >= 4 is 6.29 Å². The lowest BCUT2D eigenvalue weighted by Crippen LogP contribution is -2.54. The lowest BCUT2D eigenvalue weighted by molar-refractivity contribution is -0.904. The molecule has 0 saturated heterocycles. The van der Waals surface area contributed by atoms with Gasteiger partial charge in [-0.3, -0.25) is 4.79 Å². The second kappa shape index (κ2) is 6.22. The second-order valence-electron chi connectivity index (χ2n) is 4.91. The fourth-order valence-electron chi connectivity index (χ4n) is 2.41. The fraction of sp³-hybridized carbons (Fsp3) is 0.0526. The van der Waals surface area contributed by atoms with Crippen LogP contribution in [0.1, 0.15) is 11.1 Å². The third kappa shape index (κ3) is 2.61. The summed E-state index contributed by atoms with van der Waals surface area (Å²) in [5.74, 6) is 0. The molecule has 0 aliphatic rings. The third-order valence-corrected chi connectivity index (χ3v) is 3.51. The minimum Gasteiger partial charge on any atom is -0.298 e. The van der Waals surface area contributed by atoms with Crippen molar-refractivity contribution in [2.24, 2.45) is 0 Å². The van der Waals surface area contributed by atoms with Gasteiger partial charge in [0, 0.05) is 28.0 Å². The molecule has 22 heavy (non-hydrogen) atoms. The maximum absolute atomic E-state index is 12.1. The van der Waals surface area contributed by atoms with Crippen LogP contribution in [0.3, 0.4) is 0 Å². The van der Waals surface area contributed by atoms with E-state index in [4.69, 9.17) is 4.84 Å². The summed E-state index contributed by atoms with van der Waals surface area (Å²) in [5, 5.41) is 0. The van der Waals surface area contributed by atoms with Gasteiger partial charge in [0.2, 0.25) is 12.4 Å². The van der Waals surface area contributed by atoms with E-state index in [1.54, 1.807) is 17.1 Å². The van der Waals surface area contributed by atoms with Gasteiger partial charge < -0.3 is 0 Å². The molecule has 0 aliphatic carbocycles. The topological polar surface area (TPSA) is 30.2 Å². The Labute approximate surface area is 129 Å². The first-order chi connectivity index (χ1) is 10.8. The molecule has 3 aromatic rings. The minimum absolute atomic E-state index is 0.785. The molecule has 0 aliphatic heterocycles. The molecule has 0 bridgehead atoms. The van der Waals surface area contributed by atoms with Crippen molar-refractivity contribution in [2.45, 2.75) is 5.60 Å². The number of rotatable bonds is 5. The Morgan fingerprint density at radius 3 is 1.64 bits per heavy atom. The van der Waals surface area contributed by atoms with Crippen LogP contribution in [0.2, 0.25) is 0 Å². The van der Waals surface area contributed by atoms with Crippen molar-refractivity contribution in [3.05, 3.63) is 102 Å². The average molecular weight is 290 g/mol. The van der Waals surface area contributed by atoms with Crippen LogP contribution in [0.25, 0.3) is 0 Å². The summed E-state index contributed by atoms with van der Waals surface area (Å²) in [7, 11) is 0. The zero-order valence-electron chi connectivity index (χ0n) is 12.0. The van der Waals surface area contributed by atoms with Gasteiger partial charge in [-0.05, 0) is 0 Å². The zero-order valence-corrected chi connectivity index (χ0v) is 12.0. The van der Waals surface area contributed by atoms with Crippen LogP contribution < -0.4 is 9.57 Å². The van der Waals surface area contributed by atoms with Gasteiger partial charge in [-0.1, -0.05) is 66.7 Å². The largest absolute Gasteiger partial charge is 0.298 e. The van der Waals surface area contributed by atoms with Crippen LogP contribution in [0.5, 0.6) is 0 Å². The Bertz CT molecular complexity index is 688. The number of benzene rings is 2. The Kier molecular flexibility index (Phi) is 3.97. The van der Waals surface area contributed by atoms with Crippen molar-refractivity contribution in [3.8, 4) is 0 Å². The first-order valence-electron chi connectivity index (χ1n) is 7.08. The molecule has 1 aromatic heterocycles. The van der Waals surface area contributed by atoms with E-state index in [0.717, 1.165) is 17.4 Å². The molecule has 0 saturated carbocycles. The molecule has 3 nitrogen and oxygen atoms in total. The van der Waals surface area contributed by atoms with Crippen molar-refractivity contribution in [2.75, 3.05) is 0 Å².